The van der Waals surface area contributed by atoms with Gasteiger partial charge in [-0.2, -0.15) is 5.26 Å². The third kappa shape index (κ3) is 5.60. The van der Waals surface area contributed by atoms with E-state index in [0.29, 0.717) is 27.6 Å². The van der Waals surface area contributed by atoms with Crippen molar-refractivity contribution in [2.75, 3.05) is 5.32 Å². The van der Waals surface area contributed by atoms with Gasteiger partial charge in [0.25, 0.3) is 5.91 Å². The molecule has 0 atom stereocenters. The molecule has 1 N–H and O–H groups in total. The topological polar surface area (TPSA) is 62.1 Å². The number of carbonyl (C=O) groups is 1. The van der Waals surface area contributed by atoms with Crippen molar-refractivity contribution in [3.05, 3.63) is 99.3 Å². The molecule has 1 amide bonds. The van der Waals surface area contributed by atoms with Crippen LogP contribution in [0.1, 0.15) is 11.1 Å². The van der Waals surface area contributed by atoms with Crippen LogP contribution in [-0.2, 0) is 11.4 Å². The number of nitriles is 1. The summed E-state index contributed by atoms with van der Waals surface area (Å²) in [5.41, 5.74) is 1.32. The Hall–Kier alpha value is -3.33. The molecule has 0 spiro atoms. The molecule has 0 bridgehead atoms. The number of anilines is 1. The number of halogens is 3. The Bertz CT molecular complexity index is 1160. The minimum absolute atomic E-state index is 0.0583. The van der Waals surface area contributed by atoms with Crippen LogP contribution in [0.25, 0.3) is 6.08 Å². The normalized spacial score (nSPS) is 10.9. The number of nitrogens with one attached hydrogen (secondary N) is 1. The summed E-state index contributed by atoms with van der Waals surface area (Å²) in [5, 5.41) is 12.6. The van der Waals surface area contributed by atoms with Gasteiger partial charge >= 0.3 is 0 Å². The van der Waals surface area contributed by atoms with Crippen LogP contribution in [0.3, 0.4) is 0 Å². The van der Waals surface area contributed by atoms with Crippen molar-refractivity contribution < 1.29 is 13.9 Å². The molecule has 30 heavy (non-hydrogen) atoms. The van der Waals surface area contributed by atoms with Crippen LogP contribution in [0, 0.1) is 17.1 Å². The highest BCUT2D eigenvalue weighted by atomic mass is 35.5. The van der Waals surface area contributed by atoms with Crippen LogP contribution >= 0.6 is 23.2 Å². The number of rotatable bonds is 6. The van der Waals surface area contributed by atoms with Gasteiger partial charge in [0.1, 0.15) is 29.8 Å². The van der Waals surface area contributed by atoms with E-state index in [1.54, 1.807) is 54.6 Å². The summed E-state index contributed by atoms with van der Waals surface area (Å²) in [6.45, 7) is 0.0583. The molecular formula is C23H15Cl2FN2O2. The van der Waals surface area contributed by atoms with E-state index in [-0.39, 0.29) is 23.0 Å². The number of benzene rings is 3. The molecule has 0 aromatic heterocycles. The summed E-state index contributed by atoms with van der Waals surface area (Å²) in [4.78, 5) is 12.4. The molecule has 0 aliphatic heterocycles. The average molecular weight is 441 g/mol. The number of ether oxygens (including phenoxy) is 1. The molecular weight excluding hydrogens is 426 g/mol. The molecule has 0 aliphatic carbocycles. The number of hydrogen-bond acceptors (Lipinski definition) is 3. The van der Waals surface area contributed by atoms with Gasteiger partial charge in [-0.05, 0) is 48.0 Å². The first-order chi connectivity index (χ1) is 14.5. The average Bonchev–Trinajstić information content (AvgIpc) is 2.74. The highest BCUT2D eigenvalue weighted by Crippen LogP contribution is 2.25. The second kappa shape index (κ2) is 9.93. The third-order valence-corrected chi connectivity index (χ3v) is 4.80. The second-order valence-corrected chi connectivity index (χ2v) is 7.02. The Morgan fingerprint density at radius 1 is 1.07 bits per heavy atom. The molecule has 0 unspecified atom stereocenters. The summed E-state index contributed by atoms with van der Waals surface area (Å²) in [5.74, 6) is -0.456. The van der Waals surface area contributed by atoms with Crippen LogP contribution in [-0.4, -0.2) is 5.91 Å². The molecule has 0 radical (unpaired) electrons. The Morgan fingerprint density at radius 3 is 2.60 bits per heavy atom. The summed E-state index contributed by atoms with van der Waals surface area (Å²) in [6.07, 6.45) is 1.43. The lowest BCUT2D eigenvalue weighted by Crippen LogP contribution is -2.13. The lowest BCUT2D eigenvalue weighted by atomic mass is 10.1. The zero-order valence-corrected chi connectivity index (χ0v) is 17.0. The van der Waals surface area contributed by atoms with Gasteiger partial charge < -0.3 is 10.1 Å². The predicted octanol–water partition coefficient (Wildman–Crippen LogP) is 6.26. The first-order valence-corrected chi connectivity index (χ1v) is 9.56. The third-order valence-electron chi connectivity index (χ3n) is 4.06. The van der Waals surface area contributed by atoms with Gasteiger partial charge in [0.15, 0.2) is 0 Å². The van der Waals surface area contributed by atoms with Gasteiger partial charge in [0, 0.05) is 11.3 Å². The van der Waals surface area contributed by atoms with Crippen LogP contribution in [0.5, 0.6) is 5.75 Å². The van der Waals surface area contributed by atoms with Crippen LogP contribution < -0.4 is 10.1 Å². The van der Waals surface area contributed by atoms with E-state index in [9.17, 15) is 14.4 Å². The summed E-state index contributed by atoms with van der Waals surface area (Å²) in [6, 6.07) is 19.6. The van der Waals surface area contributed by atoms with Crippen molar-refractivity contribution in [2.24, 2.45) is 0 Å². The summed E-state index contributed by atoms with van der Waals surface area (Å²) in [7, 11) is 0. The zero-order chi connectivity index (χ0) is 21.5. The van der Waals surface area contributed by atoms with E-state index in [0.717, 1.165) is 0 Å². The van der Waals surface area contributed by atoms with Gasteiger partial charge in [0.2, 0.25) is 0 Å². The maximum absolute atomic E-state index is 13.7. The van der Waals surface area contributed by atoms with Crippen LogP contribution in [0.15, 0.2) is 72.3 Å². The van der Waals surface area contributed by atoms with Gasteiger partial charge in [0.05, 0.1) is 10.0 Å². The summed E-state index contributed by atoms with van der Waals surface area (Å²) >= 11 is 11.8. The standard InChI is InChI=1S/C23H15Cl2FN2O2/c24-20-9-8-18(12-21(20)25)28-23(29)17(13-27)10-15-4-3-6-19(11-15)30-14-16-5-1-2-7-22(16)26/h1-12H,14H2,(H,28,29)/b17-10-. The minimum atomic E-state index is -0.589. The van der Waals surface area contributed by atoms with E-state index in [4.69, 9.17) is 27.9 Å². The van der Waals surface area contributed by atoms with Crippen molar-refractivity contribution in [3.8, 4) is 11.8 Å². The van der Waals surface area contributed by atoms with E-state index in [2.05, 4.69) is 5.32 Å². The SMILES string of the molecule is N#C/C(=C/c1cccc(OCc2ccccc2F)c1)C(=O)Nc1ccc(Cl)c(Cl)c1. The fraction of sp³-hybridized carbons (Fsp3) is 0.0435. The van der Waals surface area contributed by atoms with Gasteiger partial charge in [-0.25, -0.2) is 4.39 Å². The highest BCUT2D eigenvalue weighted by Gasteiger charge is 2.11. The molecule has 0 saturated carbocycles. The largest absolute Gasteiger partial charge is 0.489 e. The number of hydrogen-bond donors (Lipinski definition) is 1. The Kier molecular flexibility index (Phi) is 7.08. The summed E-state index contributed by atoms with van der Waals surface area (Å²) < 4.78 is 19.3. The van der Waals surface area contributed by atoms with Gasteiger partial charge in [-0.1, -0.05) is 53.5 Å². The Labute approximate surface area is 183 Å². The van der Waals surface area contributed by atoms with Crippen LogP contribution in [0.4, 0.5) is 10.1 Å². The fourth-order valence-corrected chi connectivity index (χ4v) is 2.86. The molecule has 150 valence electrons. The molecule has 3 aromatic carbocycles. The zero-order valence-electron chi connectivity index (χ0n) is 15.5. The Morgan fingerprint density at radius 2 is 1.87 bits per heavy atom. The maximum Gasteiger partial charge on any atom is 0.266 e. The lowest BCUT2D eigenvalue weighted by molar-refractivity contribution is -0.112. The Balaban J connectivity index is 1.73. The number of carbonyl (C=O) groups excluding carboxylic acids is 1. The van der Waals surface area contributed by atoms with E-state index in [1.165, 1.54) is 18.2 Å². The monoisotopic (exact) mass is 440 g/mol. The quantitative estimate of drug-likeness (QED) is 0.363. The lowest BCUT2D eigenvalue weighted by Gasteiger charge is -2.08. The fourth-order valence-electron chi connectivity index (χ4n) is 2.56. The van der Waals surface area contributed by atoms with Crippen molar-refractivity contribution in [1.29, 1.82) is 5.26 Å². The van der Waals surface area contributed by atoms with Crippen molar-refractivity contribution in [3.63, 3.8) is 0 Å². The number of nitrogens with zero attached hydrogens (tertiary/aromatic N) is 1. The molecule has 0 heterocycles. The van der Waals surface area contributed by atoms with Gasteiger partial charge in [-0.15, -0.1) is 0 Å². The first kappa shape index (κ1) is 21.4. The molecule has 7 heteroatoms. The minimum Gasteiger partial charge on any atom is -0.489 e. The smallest absolute Gasteiger partial charge is 0.266 e. The molecule has 0 saturated heterocycles. The van der Waals surface area contributed by atoms with Crippen LogP contribution in [0.2, 0.25) is 10.0 Å². The van der Waals surface area contributed by atoms with Crippen molar-refractivity contribution >= 4 is 40.9 Å². The molecule has 3 rings (SSSR count). The molecule has 0 fully saturated rings. The van der Waals surface area contributed by atoms with Gasteiger partial charge in [-0.3, -0.25) is 4.79 Å². The maximum atomic E-state index is 13.7. The predicted molar refractivity (Wildman–Crippen MR) is 116 cm³/mol. The molecule has 3 aromatic rings. The first-order valence-electron chi connectivity index (χ1n) is 8.81. The molecule has 0 aliphatic rings. The van der Waals surface area contributed by atoms with Crippen molar-refractivity contribution in [1.82, 2.24) is 0 Å². The van der Waals surface area contributed by atoms with Crippen molar-refractivity contribution in [2.45, 2.75) is 6.61 Å². The molecule has 4 nitrogen and oxygen atoms in total. The highest BCUT2D eigenvalue weighted by molar-refractivity contribution is 6.42. The number of amides is 1. The van der Waals surface area contributed by atoms with E-state index < -0.39 is 5.91 Å². The van der Waals surface area contributed by atoms with E-state index in [1.807, 2.05) is 6.07 Å². The second-order valence-electron chi connectivity index (χ2n) is 6.21. The van der Waals surface area contributed by atoms with E-state index >= 15 is 0 Å².